The average Bonchev–Trinajstić information content (AvgIpc) is 0.848. The number of ether oxygens (including phenoxy) is 2. The molecule has 18 N–H and O–H groups in total. The molecule has 0 fully saturated rings. The zero-order valence-corrected chi connectivity index (χ0v) is 63.4. The molecule has 0 saturated carbocycles. The fraction of sp³-hybridized carbons (Fsp3) is 0.279. The van der Waals surface area contributed by atoms with Gasteiger partial charge in [0.2, 0.25) is 41.9 Å². The molecule has 0 saturated heterocycles. The number of nitrogens with two attached hydrogens (primary N) is 6. The minimum atomic E-state index is -4.01. The van der Waals surface area contributed by atoms with Crippen LogP contribution in [0.3, 0.4) is 0 Å². The van der Waals surface area contributed by atoms with E-state index < -0.39 is 105 Å². The minimum absolute atomic E-state index is 0. The second-order valence-corrected chi connectivity index (χ2v) is 30.6. The Hall–Kier alpha value is -6.04. The van der Waals surface area contributed by atoms with Gasteiger partial charge in [-0.1, -0.05) is 49.1 Å². The molecule has 101 heavy (non-hydrogen) atoms. The Morgan fingerprint density at radius 1 is 0.505 bits per heavy atom. The van der Waals surface area contributed by atoms with Crippen LogP contribution in [0, 0.1) is 26.1 Å². The van der Waals surface area contributed by atoms with Gasteiger partial charge in [-0.25, -0.2) is 43.4 Å². The van der Waals surface area contributed by atoms with Crippen molar-refractivity contribution in [2.24, 2.45) is 28.7 Å². The number of anilines is 1. The molecule has 564 valence electrons. The van der Waals surface area contributed by atoms with E-state index >= 15 is 0 Å². The third-order valence-corrected chi connectivity index (χ3v) is 19.4. The van der Waals surface area contributed by atoms with Crippen LogP contribution < -0.4 is 48.6 Å². The normalized spacial score (nSPS) is 11.3. The quantitative estimate of drug-likeness (QED) is 0.0138. The predicted octanol–water partition coefficient (Wildman–Crippen LogP) is 6.67. The Kier molecular flexibility index (Phi) is 55.4. The Morgan fingerprint density at radius 2 is 0.851 bits per heavy atom. The molecule has 5 aromatic carbocycles. The fourth-order valence-corrected chi connectivity index (χ4v) is 11.9. The summed E-state index contributed by atoms with van der Waals surface area (Å²) in [5.41, 5.74) is 32.5. The highest BCUT2D eigenvalue weighted by Gasteiger charge is 2.28. The van der Waals surface area contributed by atoms with Gasteiger partial charge in [0.15, 0.2) is 0 Å². The topological polar surface area (TPSA) is 540 Å². The summed E-state index contributed by atoms with van der Waals surface area (Å²) in [5.74, 6) is -0.279. The summed E-state index contributed by atoms with van der Waals surface area (Å²) in [7, 11) is -10.1. The Morgan fingerprint density at radius 3 is 1.15 bits per heavy atom. The molecular formula is C61H84Cl2I4N10O20S4. The number of aromatic nitrogens is 1. The van der Waals surface area contributed by atoms with Crippen LogP contribution >= 0.6 is 113 Å². The Labute approximate surface area is 655 Å². The minimum Gasteiger partial charge on any atom is -0.480 e. The molecule has 0 radical (unpaired) electrons. The number of halogens is 6. The summed E-state index contributed by atoms with van der Waals surface area (Å²) in [5, 5.41) is 25.7. The van der Waals surface area contributed by atoms with Crippen LogP contribution in [0.2, 0.25) is 0 Å². The standard InChI is InChI=1S/C16H14N2O2.C11H15IN2O4S.C10H11IN2O5S.C9H11IN2O4S.C6H4ClIO2S.C4H8N2O3.5CH4.ClH/c1-2-20-16(19)13-9-6-12(7-10-13)8-11-14-4-3-5-15(17)18-14;1-2-18-11(15)10(7-13)14-19(16,17)9-5-3-8(12)4-6-9;11-6-1-3-7(4-2-6)19(17,18)13-8(10(15)16)5-9(12)14;10-6-1-3-7(4-2-6)17(15,16)12-8(5-11)9(13)14;7-11(9,10)6-3-1-5(8)2-4-6;5-2(4(8)9)1-3(6)7;;;;;;/h3-7,9-10H,2H2,1H3,(H2,17,18);3-6,10,14H,2,7,13H2,1H3;1-4,8,13H,5H2,(H2,12,14)(H,15,16);1-4,8,12H,5,11H2,(H,13,14);1-4H;2H,1,5H2,(H2,6,7)(H,8,9);5*1H4;1H/t;10-;2*8-;;2-;;;;;;/m.000.0....../s1. The molecule has 2 amide bonds. The summed E-state index contributed by atoms with van der Waals surface area (Å²) < 4.78 is 112. The third kappa shape index (κ3) is 43.0. The van der Waals surface area contributed by atoms with E-state index in [2.05, 4.69) is 72.5 Å². The molecule has 1 aromatic heterocycles. The first-order valence-electron chi connectivity index (χ1n) is 26.3. The molecule has 0 bridgehead atoms. The van der Waals surface area contributed by atoms with Gasteiger partial charge in [0.1, 0.15) is 35.7 Å². The number of hydrogen-bond acceptors (Lipinski definition) is 22. The van der Waals surface area contributed by atoms with Gasteiger partial charge in [-0.05, 0) is 244 Å². The lowest BCUT2D eigenvalue weighted by molar-refractivity contribution is -0.145. The number of esters is 2. The first-order valence-corrected chi connectivity index (χ1v) is 37.4. The van der Waals surface area contributed by atoms with E-state index in [1.807, 2.05) is 54.6 Å². The number of sulfonamides is 3. The molecule has 0 spiro atoms. The van der Waals surface area contributed by atoms with Crippen LogP contribution in [0.25, 0.3) is 0 Å². The number of nitrogen functional groups attached to an aromatic ring is 1. The lowest BCUT2D eigenvalue weighted by Crippen LogP contribution is -2.46. The SMILES string of the molecule is C.C.C.C.C.CCOC(=O)[C@H](CN)NS(=O)(=O)c1ccc(I)cc1.CCOC(=O)c1ccc(C#Cc2cccc(N)n2)cc1.Cl.NC(=O)C[C@H](N)C(=O)O.NC(=O)C[C@H](NS(=O)(=O)c1ccc(I)cc1)C(=O)O.NC[C@H](NS(=O)(=O)c1ccc(I)cc1)C(=O)O.O=S(=O)(Cl)c1ccc(I)cc1. The number of primary amides is 2. The number of carbonyl (C=O) groups is 7. The van der Waals surface area contributed by atoms with Crippen molar-refractivity contribution in [2.75, 3.05) is 32.0 Å². The average molecular weight is 1980 g/mol. The van der Waals surface area contributed by atoms with Gasteiger partial charge in [-0.15, -0.1) is 12.4 Å². The van der Waals surface area contributed by atoms with Gasteiger partial charge in [0.05, 0.1) is 51.2 Å². The molecular weight excluding hydrogens is 1900 g/mol. The largest absolute Gasteiger partial charge is 0.480 e. The monoisotopic (exact) mass is 1980 g/mol. The molecule has 4 atom stereocenters. The van der Waals surface area contributed by atoms with Gasteiger partial charge >= 0.3 is 29.8 Å². The van der Waals surface area contributed by atoms with Crippen molar-refractivity contribution in [1.29, 1.82) is 0 Å². The van der Waals surface area contributed by atoms with Gasteiger partial charge in [0, 0.05) is 43.6 Å². The van der Waals surface area contributed by atoms with Crippen molar-refractivity contribution in [3.05, 3.63) is 171 Å². The van der Waals surface area contributed by atoms with E-state index in [1.165, 1.54) is 48.5 Å². The van der Waals surface area contributed by atoms with Gasteiger partial charge < -0.3 is 59.2 Å². The number of aliphatic carboxylic acids is 3. The number of rotatable bonds is 23. The van der Waals surface area contributed by atoms with Crippen molar-refractivity contribution in [3.8, 4) is 11.8 Å². The molecule has 1 heterocycles. The van der Waals surface area contributed by atoms with Gasteiger partial charge in [-0.2, -0.15) is 14.2 Å². The second-order valence-electron chi connectivity index (χ2n) is 18.0. The van der Waals surface area contributed by atoms with E-state index in [1.54, 1.807) is 105 Å². The first kappa shape index (κ1) is 106. The number of hydrogen-bond donors (Lipinski definition) is 12. The van der Waals surface area contributed by atoms with Crippen molar-refractivity contribution >= 4 is 200 Å². The second kappa shape index (κ2) is 52.8. The number of benzene rings is 5. The Bertz CT molecular complexity index is 4100. The van der Waals surface area contributed by atoms with E-state index in [4.69, 9.17) is 64.1 Å². The number of nitrogens with one attached hydrogen (secondary N) is 3. The van der Waals surface area contributed by atoms with Crippen molar-refractivity contribution in [1.82, 2.24) is 19.2 Å². The first-order chi connectivity index (χ1) is 44.2. The maximum absolute atomic E-state index is 12.0. The van der Waals surface area contributed by atoms with E-state index in [0.29, 0.717) is 23.7 Å². The lowest BCUT2D eigenvalue weighted by atomic mass is 10.1. The fourth-order valence-electron chi connectivity index (χ4n) is 6.08. The number of carboxylic acid groups (broad SMARTS) is 3. The van der Waals surface area contributed by atoms with Crippen LogP contribution in [-0.2, 0) is 77.4 Å². The van der Waals surface area contributed by atoms with Crippen LogP contribution in [0.15, 0.2) is 159 Å². The molecule has 0 unspecified atom stereocenters. The summed E-state index contributed by atoms with van der Waals surface area (Å²) in [4.78, 5) is 79.4. The lowest BCUT2D eigenvalue weighted by Gasteiger charge is -2.15. The van der Waals surface area contributed by atoms with Crippen LogP contribution in [-0.4, -0.2) is 146 Å². The van der Waals surface area contributed by atoms with Crippen LogP contribution in [0.5, 0.6) is 0 Å². The molecule has 0 aliphatic rings. The van der Waals surface area contributed by atoms with Crippen molar-refractivity contribution in [2.45, 2.75) is 108 Å². The molecule has 30 nitrogen and oxygen atoms in total. The van der Waals surface area contributed by atoms with Crippen LogP contribution in [0.1, 0.15) is 85.4 Å². The van der Waals surface area contributed by atoms with E-state index in [-0.39, 0.29) is 101 Å². The number of pyridine rings is 1. The van der Waals surface area contributed by atoms with Crippen molar-refractivity contribution in [3.63, 3.8) is 0 Å². The highest BCUT2D eigenvalue weighted by Crippen LogP contribution is 2.18. The maximum Gasteiger partial charge on any atom is 0.338 e. The Balaban J connectivity index is -0.000000269. The molecule has 0 aliphatic carbocycles. The molecule has 6 aromatic rings. The van der Waals surface area contributed by atoms with Crippen molar-refractivity contribution < 1.29 is 92.0 Å². The smallest absolute Gasteiger partial charge is 0.338 e. The zero-order chi connectivity index (χ0) is 72.4. The summed E-state index contributed by atoms with van der Waals surface area (Å²) >= 11 is 8.20. The highest BCUT2D eigenvalue weighted by atomic mass is 127. The van der Waals surface area contributed by atoms with E-state index in [0.717, 1.165) is 19.8 Å². The summed E-state index contributed by atoms with van der Waals surface area (Å²) in [6.45, 7) is 3.47. The zero-order valence-electron chi connectivity index (χ0n) is 50.0. The molecule has 40 heteroatoms. The number of amides is 2. The van der Waals surface area contributed by atoms with Gasteiger partial charge in [0.25, 0.3) is 9.05 Å². The number of carboxylic acids is 3. The number of nitrogens with zero attached hydrogens (tertiary/aromatic N) is 1. The third-order valence-electron chi connectivity index (χ3n) is 10.6. The summed E-state index contributed by atoms with van der Waals surface area (Å²) in [6, 6.07) is 31.5. The van der Waals surface area contributed by atoms with E-state index in [9.17, 15) is 67.2 Å². The predicted molar refractivity (Wildman–Crippen MR) is 423 cm³/mol. The molecule has 6 rings (SSSR count). The van der Waals surface area contributed by atoms with Crippen LogP contribution in [0.4, 0.5) is 5.82 Å². The summed E-state index contributed by atoms with van der Waals surface area (Å²) in [6.07, 6.45) is -0.922. The van der Waals surface area contributed by atoms with Gasteiger partial charge in [-0.3, -0.25) is 28.8 Å². The number of carbonyl (C=O) groups excluding carboxylic acids is 4. The molecule has 0 aliphatic heterocycles. The maximum atomic E-state index is 12.0. The highest BCUT2D eigenvalue weighted by molar-refractivity contribution is 14.1.